The highest BCUT2D eigenvalue weighted by Crippen LogP contribution is 2.52. The van der Waals surface area contributed by atoms with Crippen LogP contribution in [0.15, 0.2) is 42.7 Å². The van der Waals surface area contributed by atoms with E-state index < -0.39 is 17.7 Å². The van der Waals surface area contributed by atoms with Gasteiger partial charge >= 0.3 is 0 Å². The van der Waals surface area contributed by atoms with Gasteiger partial charge in [0, 0.05) is 42.0 Å². The number of amides is 2. The van der Waals surface area contributed by atoms with Crippen LogP contribution in [-0.4, -0.2) is 94.4 Å². The second-order valence-corrected chi connectivity index (χ2v) is 15.9. The van der Waals surface area contributed by atoms with Crippen LogP contribution in [0.4, 0.5) is 30.4 Å². The molecule has 3 aliphatic heterocycles. The maximum absolute atomic E-state index is 15.5. The SMILES string of the molecule is CNC(=O)c1cc(Nc2nc(-c3ccc4c(c3)N(C3CC(N5CCCCC5)C3)C(=O)C43CCN(CC(F)F)CC3)cc3ncn(C(C)C)c23)c(F)cc1C. The van der Waals surface area contributed by atoms with Gasteiger partial charge in [0.1, 0.15) is 11.3 Å². The number of halogens is 3. The smallest absolute Gasteiger partial charge is 0.251 e. The van der Waals surface area contributed by atoms with E-state index in [0.717, 1.165) is 42.7 Å². The number of nitrogens with zero attached hydrogens (tertiary/aromatic N) is 6. The van der Waals surface area contributed by atoms with Crippen LogP contribution < -0.4 is 15.5 Å². The molecular formula is C41H49F3N8O2. The first-order valence-corrected chi connectivity index (χ1v) is 19.4. The highest BCUT2D eigenvalue weighted by atomic mass is 19.3. The van der Waals surface area contributed by atoms with Crippen molar-refractivity contribution in [3.05, 3.63) is 65.2 Å². The third kappa shape index (κ3) is 6.32. The lowest BCUT2D eigenvalue weighted by Gasteiger charge is -2.48. The minimum atomic E-state index is -2.41. The lowest BCUT2D eigenvalue weighted by atomic mass is 9.73. The number of piperidine rings is 2. The molecule has 1 spiro atoms. The molecule has 2 N–H and O–H groups in total. The Balaban J connectivity index is 1.19. The molecule has 0 bridgehead atoms. The van der Waals surface area contributed by atoms with Crippen molar-refractivity contribution in [2.24, 2.45) is 0 Å². The molecule has 286 valence electrons. The van der Waals surface area contributed by atoms with Crippen molar-refractivity contribution in [2.45, 2.75) is 95.7 Å². The number of hydrogen-bond donors (Lipinski definition) is 2. The fraction of sp³-hybridized carbons (Fsp3) is 0.512. The average Bonchev–Trinajstić information content (AvgIpc) is 3.67. The van der Waals surface area contributed by atoms with Crippen molar-refractivity contribution in [3.63, 3.8) is 0 Å². The highest BCUT2D eigenvalue weighted by Gasteiger charge is 2.55. The first-order valence-electron chi connectivity index (χ1n) is 19.4. The molecule has 5 heterocycles. The Kier molecular flexibility index (Phi) is 9.66. The maximum Gasteiger partial charge on any atom is 0.251 e. The van der Waals surface area contributed by atoms with E-state index in [2.05, 4.69) is 21.6 Å². The molecule has 1 saturated carbocycles. The molecule has 13 heteroatoms. The zero-order chi connectivity index (χ0) is 37.9. The fourth-order valence-electron chi connectivity index (χ4n) is 9.22. The number of rotatable bonds is 9. The van der Waals surface area contributed by atoms with Gasteiger partial charge in [-0.2, -0.15) is 0 Å². The van der Waals surface area contributed by atoms with Crippen molar-refractivity contribution < 1.29 is 22.8 Å². The van der Waals surface area contributed by atoms with Crippen LogP contribution in [0.1, 0.15) is 86.3 Å². The van der Waals surface area contributed by atoms with E-state index in [9.17, 15) is 18.4 Å². The Morgan fingerprint density at radius 2 is 1.74 bits per heavy atom. The summed E-state index contributed by atoms with van der Waals surface area (Å²) in [6, 6.07) is 11.4. The van der Waals surface area contributed by atoms with Crippen LogP contribution in [0.2, 0.25) is 0 Å². The number of likely N-dealkylation sites (tertiary alicyclic amines) is 2. The molecule has 0 unspecified atom stereocenters. The zero-order valence-corrected chi connectivity index (χ0v) is 31.5. The number of hydrogen-bond acceptors (Lipinski definition) is 7. The molecule has 1 aliphatic carbocycles. The lowest BCUT2D eigenvalue weighted by molar-refractivity contribution is -0.126. The molecule has 0 radical (unpaired) electrons. The summed E-state index contributed by atoms with van der Waals surface area (Å²) in [5, 5.41) is 5.83. The lowest BCUT2D eigenvalue weighted by Crippen LogP contribution is -2.58. The average molecular weight is 743 g/mol. The summed E-state index contributed by atoms with van der Waals surface area (Å²) < 4.78 is 44.2. The van der Waals surface area contributed by atoms with Crippen molar-refractivity contribution in [1.82, 2.24) is 29.7 Å². The summed E-state index contributed by atoms with van der Waals surface area (Å²) in [7, 11) is 1.54. The molecule has 3 fully saturated rings. The minimum Gasteiger partial charge on any atom is -0.355 e. The first-order chi connectivity index (χ1) is 26.0. The number of nitrogens with one attached hydrogen (secondary N) is 2. The molecular weight excluding hydrogens is 693 g/mol. The van der Waals surface area contributed by atoms with Crippen molar-refractivity contribution >= 4 is 40.0 Å². The van der Waals surface area contributed by atoms with Crippen molar-refractivity contribution in [1.29, 1.82) is 0 Å². The first kappa shape index (κ1) is 36.5. The van der Waals surface area contributed by atoms with Gasteiger partial charge in [0.25, 0.3) is 12.3 Å². The summed E-state index contributed by atoms with van der Waals surface area (Å²) >= 11 is 0. The number of imidazole rings is 1. The van der Waals surface area contributed by atoms with Crippen LogP contribution in [0.5, 0.6) is 0 Å². The number of fused-ring (bicyclic) bond motifs is 3. The van der Waals surface area contributed by atoms with Crippen molar-refractivity contribution in [3.8, 4) is 11.3 Å². The number of aryl methyl sites for hydroxylation is 1. The highest BCUT2D eigenvalue weighted by molar-refractivity contribution is 6.09. The van der Waals surface area contributed by atoms with E-state index in [-0.39, 0.29) is 36.1 Å². The largest absolute Gasteiger partial charge is 0.355 e. The Morgan fingerprint density at radius 3 is 2.43 bits per heavy atom. The summed E-state index contributed by atoms with van der Waals surface area (Å²) in [5.41, 5.74) is 4.78. The second-order valence-electron chi connectivity index (χ2n) is 15.9. The predicted molar refractivity (Wildman–Crippen MR) is 204 cm³/mol. The third-order valence-corrected chi connectivity index (χ3v) is 12.3. The Bertz CT molecular complexity index is 2080. The third-order valence-electron chi connectivity index (χ3n) is 12.3. The number of carbonyl (C=O) groups is 2. The second kappa shape index (κ2) is 14.3. The van der Waals surface area contributed by atoms with Crippen LogP contribution in [0.3, 0.4) is 0 Å². The topological polar surface area (TPSA) is 98.6 Å². The normalized spacial score (nSPS) is 21.6. The summed E-state index contributed by atoms with van der Waals surface area (Å²) in [6.07, 6.45) is 5.84. The van der Waals surface area contributed by atoms with Gasteiger partial charge in [-0.1, -0.05) is 18.6 Å². The van der Waals surface area contributed by atoms with Gasteiger partial charge in [-0.25, -0.2) is 23.1 Å². The molecule has 54 heavy (non-hydrogen) atoms. The standard InChI is InChI=1S/C41H49F3N8O2/c1-24(2)51-23-46-34-21-32(47-38(37(34)51)48-33-20-29(39(53)45-4)25(3)16-31(33)42)26-8-9-30-35(17-26)52(28-18-27(19-28)50-12-6-5-7-13-50)40(54)41(30)10-14-49(15-11-41)22-36(43)44/h8-9,16-17,20-21,23-24,27-28,36H,5-7,10-15,18-19,22H2,1-4H3,(H,45,53)(H,47,48). The fourth-order valence-corrected chi connectivity index (χ4v) is 9.22. The minimum absolute atomic E-state index is 0.0339. The quantitative estimate of drug-likeness (QED) is 0.187. The van der Waals surface area contributed by atoms with E-state index in [1.165, 1.54) is 38.4 Å². The van der Waals surface area contributed by atoms with E-state index in [4.69, 9.17) is 9.97 Å². The molecule has 2 amide bonds. The Hall–Kier alpha value is -4.49. The van der Waals surface area contributed by atoms with Gasteiger partial charge in [0.05, 0.1) is 35.2 Å². The van der Waals surface area contributed by atoms with Gasteiger partial charge in [-0.05, 0) is 121 Å². The van der Waals surface area contributed by atoms with E-state index >= 15 is 4.39 Å². The van der Waals surface area contributed by atoms with Gasteiger partial charge in [0.15, 0.2) is 5.82 Å². The summed E-state index contributed by atoms with van der Waals surface area (Å²) in [4.78, 5) is 43.5. The number of carbonyl (C=O) groups excluding carboxylic acids is 2. The zero-order valence-electron chi connectivity index (χ0n) is 31.5. The molecule has 4 aliphatic rings. The maximum atomic E-state index is 15.5. The monoisotopic (exact) mass is 742 g/mol. The van der Waals surface area contributed by atoms with Crippen LogP contribution in [0.25, 0.3) is 22.3 Å². The van der Waals surface area contributed by atoms with Gasteiger partial charge in [-0.3, -0.25) is 14.5 Å². The van der Waals surface area contributed by atoms with Crippen LogP contribution in [0, 0.1) is 12.7 Å². The van der Waals surface area contributed by atoms with Crippen LogP contribution >= 0.6 is 0 Å². The van der Waals surface area contributed by atoms with Gasteiger partial charge in [-0.15, -0.1) is 0 Å². The van der Waals surface area contributed by atoms with E-state index in [1.54, 1.807) is 18.2 Å². The van der Waals surface area contributed by atoms with Crippen molar-refractivity contribution in [2.75, 3.05) is 50.0 Å². The molecule has 2 aromatic heterocycles. The molecule has 2 saturated heterocycles. The van der Waals surface area contributed by atoms with E-state index in [0.29, 0.717) is 65.6 Å². The molecule has 2 aromatic carbocycles. The number of pyridine rings is 1. The Labute approximate surface area is 314 Å². The number of anilines is 3. The number of aromatic nitrogens is 3. The summed E-state index contributed by atoms with van der Waals surface area (Å²) in [6.45, 7) is 8.56. The van der Waals surface area contributed by atoms with Crippen LogP contribution in [-0.2, 0) is 10.2 Å². The Morgan fingerprint density at radius 1 is 1.00 bits per heavy atom. The number of alkyl halides is 2. The van der Waals surface area contributed by atoms with Gasteiger partial charge < -0.3 is 25.0 Å². The number of benzene rings is 2. The molecule has 10 nitrogen and oxygen atoms in total. The summed E-state index contributed by atoms with van der Waals surface area (Å²) in [5.74, 6) is -0.371. The predicted octanol–water partition coefficient (Wildman–Crippen LogP) is 7.19. The van der Waals surface area contributed by atoms with E-state index in [1.807, 2.05) is 41.5 Å². The van der Waals surface area contributed by atoms with Gasteiger partial charge in [0.2, 0.25) is 5.91 Å². The molecule has 8 rings (SSSR count). The molecule has 0 atom stereocenters. The molecule has 4 aromatic rings.